The normalized spacial score (nSPS) is 25.5. The van der Waals surface area contributed by atoms with E-state index in [0.29, 0.717) is 24.9 Å². The quantitative estimate of drug-likeness (QED) is 0.779. The summed E-state index contributed by atoms with van der Waals surface area (Å²) in [6.45, 7) is 7.65. The first kappa shape index (κ1) is 21.3. The number of halogens is 3. The summed E-state index contributed by atoms with van der Waals surface area (Å²) in [7, 11) is 0. The molecule has 0 atom stereocenters. The number of alkyl halides is 3. The maximum atomic E-state index is 12.2. The van der Waals surface area contributed by atoms with Crippen LogP contribution in [-0.2, 0) is 10.3 Å². The molecular formula is C19H26F3NO4. The van der Waals surface area contributed by atoms with Crippen molar-refractivity contribution in [1.29, 1.82) is 0 Å². The van der Waals surface area contributed by atoms with Crippen LogP contribution in [0.5, 0.6) is 5.75 Å². The topological polar surface area (TPSA) is 67.8 Å². The third-order valence-corrected chi connectivity index (χ3v) is 4.72. The van der Waals surface area contributed by atoms with E-state index >= 15 is 0 Å². The number of aliphatic hydroxyl groups is 1. The smallest absolute Gasteiger partial charge is 0.444 e. The Bertz CT molecular complexity index is 659. The van der Waals surface area contributed by atoms with Crippen molar-refractivity contribution >= 4 is 6.09 Å². The van der Waals surface area contributed by atoms with E-state index in [1.165, 1.54) is 24.3 Å². The second kappa shape index (κ2) is 7.22. The van der Waals surface area contributed by atoms with E-state index in [0.717, 1.165) is 6.42 Å². The number of hydrogen-bond acceptors (Lipinski definition) is 4. The minimum absolute atomic E-state index is 0.285. The van der Waals surface area contributed by atoms with Crippen molar-refractivity contribution in [1.82, 2.24) is 5.32 Å². The molecule has 0 saturated heterocycles. The molecule has 1 aromatic rings. The fraction of sp³-hybridized carbons (Fsp3) is 0.632. The largest absolute Gasteiger partial charge is 0.573 e. The number of amides is 1. The fourth-order valence-corrected chi connectivity index (χ4v) is 3.43. The number of carbonyl (C=O) groups excluding carboxylic acids is 1. The molecule has 27 heavy (non-hydrogen) atoms. The van der Waals surface area contributed by atoms with Gasteiger partial charge in [0.2, 0.25) is 0 Å². The lowest BCUT2D eigenvalue weighted by atomic mass is 9.55. The Hall–Kier alpha value is -1.96. The summed E-state index contributed by atoms with van der Waals surface area (Å²) in [5, 5.41) is 13.6. The maximum Gasteiger partial charge on any atom is 0.573 e. The van der Waals surface area contributed by atoms with E-state index in [4.69, 9.17) is 4.74 Å². The van der Waals surface area contributed by atoms with E-state index < -0.39 is 23.7 Å². The van der Waals surface area contributed by atoms with Crippen molar-refractivity contribution in [3.05, 3.63) is 29.8 Å². The number of benzene rings is 1. The van der Waals surface area contributed by atoms with E-state index in [1.54, 1.807) is 20.8 Å². The third-order valence-electron chi connectivity index (χ3n) is 4.72. The van der Waals surface area contributed by atoms with Crippen LogP contribution in [0.1, 0.15) is 52.5 Å². The highest BCUT2D eigenvalue weighted by Gasteiger charge is 2.53. The van der Waals surface area contributed by atoms with Gasteiger partial charge in [-0.1, -0.05) is 19.1 Å². The summed E-state index contributed by atoms with van der Waals surface area (Å²) in [5.74, 6) is -0.331. The van der Waals surface area contributed by atoms with Gasteiger partial charge in [-0.2, -0.15) is 0 Å². The van der Waals surface area contributed by atoms with Gasteiger partial charge >= 0.3 is 12.5 Å². The summed E-state index contributed by atoms with van der Waals surface area (Å²) in [6.07, 6.45) is -3.74. The Kier molecular flexibility index (Phi) is 5.71. The highest BCUT2D eigenvalue weighted by Crippen LogP contribution is 2.55. The highest BCUT2D eigenvalue weighted by molar-refractivity contribution is 5.67. The molecule has 0 aliphatic heterocycles. The van der Waals surface area contributed by atoms with Gasteiger partial charge in [-0.15, -0.1) is 13.2 Å². The SMILES string of the molecule is CCC1(CNC(=O)OC(C)(C)C)CC(O)(c2ccc(OC(F)(F)F)cc2)C1. The molecule has 1 aromatic carbocycles. The average Bonchev–Trinajstić information content (AvgIpc) is 2.48. The summed E-state index contributed by atoms with van der Waals surface area (Å²) in [6, 6.07) is 5.24. The fourth-order valence-electron chi connectivity index (χ4n) is 3.43. The van der Waals surface area contributed by atoms with Crippen molar-refractivity contribution in [2.45, 2.75) is 64.5 Å². The molecule has 1 amide bonds. The number of carbonyl (C=O) groups is 1. The van der Waals surface area contributed by atoms with Crippen LogP contribution in [0.25, 0.3) is 0 Å². The lowest BCUT2D eigenvalue weighted by Crippen LogP contribution is -2.54. The molecular weight excluding hydrogens is 363 g/mol. The van der Waals surface area contributed by atoms with Crippen LogP contribution in [0.4, 0.5) is 18.0 Å². The van der Waals surface area contributed by atoms with Crippen LogP contribution >= 0.6 is 0 Å². The number of alkyl carbamates (subject to hydrolysis) is 1. The van der Waals surface area contributed by atoms with Crippen molar-refractivity contribution in [3.63, 3.8) is 0 Å². The zero-order valence-corrected chi connectivity index (χ0v) is 15.9. The monoisotopic (exact) mass is 389 g/mol. The Morgan fingerprint density at radius 3 is 2.19 bits per heavy atom. The molecule has 5 nitrogen and oxygen atoms in total. The van der Waals surface area contributed by atoms with Gasteiger partial charge < -0.3 is 19.9 Å². The number of ether oxygens (including phenoxy) is 2. The predicted octanol–water partition coefficient (Wildman–Crippen LogP) is 4.49. The zero-order valence-electron chi connectivity index (χ0n) is 15.9. The molecule has 0 heterocycles. The van der Waals surface area contributed by atoms with Crippen LogP contribution < -0.4 is 10.1 Å². The summed E-state index contributed by atoms with van der Waals surface area (Å²) < 4.78 is 45.8. The van der Waals surface area contributed by atoms with Gasteiger partial charge in [0.05, 0.1) is 5.60 Å². The molecule has 1 aliphatic rings. The second-order valence-corrected chi connectivity index (χ2v) is 8.17. The molecule has 0 bridgehead atoms. The Morgan fingerprint density at radius 1 is 1.19 bits per heavy atom. The highest BCUT2D eigenvalue weighted by atomic mass is 19.4. The van der Waals surface area contributed by atoms with Gasteiger partial charge in [-0.25, -0.2) is 4.79 Å². The molecule has 1 saturated carbocycles. The summed E-state index contributed by atoms with van der Waals surface area (Å²) >= 11 is 0. The minimum atomic E-state index is -4.75. The first-order valence-electron chi connectivity index (χ1n) is 8.81. The van der Waals surface area contributed by atoms with Crippen LogP contribution in [-0.4, -0.2) is 29.7 Å². The van der Waals surface area contributed by atoms with Gasteiger partial charge in [-0.3, -0.25) is 0 Å². The molecule has 0 spiro atoms. The van der Waals surface area contributed by atoms with Gasteiger partial charge in [0.1, 0.15) is 11.4 Å². The maximum absolute atomic E-state index is 12.2. The Balaban J connectivity index is 1.96. The zero-order chi connectivity index (χ0) is 20.5. The number of nitrogens with one attached hydrogen (secondary N) is 1. The van der Waals surface area contributed by atoms with E-state index in [2.05, 4.69) is 10.1 Å². The first-order chi connectivity index (χ1) is 12.3. The van der Waals surface area contributed by atoms with Gasteiger partial charge in [0.15, 0.2) is 0 Å². The van der Waals surface area contributed by atoms with Crippen LogP contribution in [0, 0.1) is 5.41 Å². The van der Waals surface area contributed by atoms with Crippen LogP contribution in [0.15, 0.2) is 24.3 Å². The van der Waals surface area contributed by atoms with Crippen molar-refractivity contribution < 1.29 is 32.5 Å². The van der Waals surface area contributed by atoms with Crippen molar-refractivity contribution in [2.24, 2.45) is 5.41 Å². The van der Waals surface area contributed by atoms with Crippen molar-refractivity contribution in [3.8, 4) is 5.75 Å². The standard InChI is InChI=1S/C19H26F3NO4/c1-5-17(12-23-15(24)27-16(2,3)4)10-18(25,11-17)13-6-8-14(9-7-13)26-19(20,21)22/h6-9,25H,5,10-12H2,1-4H3,(H,23,24). The molecule has 0 aromatic heterocycles. The lowest BCUT2D eigenvalue weighted by molar-refractivity contribution is -0.274. The number of rotatable bonds is 5. The van der Waals surface area contributed by atoms with Gasteiger partial charge in [0, 0.05) is 6.54 Å². The van der Waals surface area contributed by atoms with Crippen LogP contribution in [0.2, 0.25) is 0 Å². The molecule has 1 aliphatic carbocycles. The molecule has 1 fully saturated rings. The molecule has 8 heteroatoms. The molecule has 152 valence electrons. The van der Waals surface area contributed by atoms with Gasteiger partial charge in [-0.05, 0) is 63.1 Å². The number of hydrogen-bond donors (Lipinski definition) is 2. The van der Waals surface area contributed by atoms with E-state index in [-0.39, 0.29) is 11.2 Å². The summed E-state index contributed by atoms with van der Waals surface area (Å²) in [5.41, 5.74) is -1.49. The Morgan fingerprint density at radius 2 is 1.74 bits per heavy atom. The first-order valence-corrected chi connectivity index (χ1v) is 8.81. The predicted molar refractivity (Wildman–Crippen MR) is 93.2 cm³/mol. The molecule has 2 rings (SSSR count). The lowest BCUT2D eigenvalue weighted by Gasteiger charge is -2.53. The Labute approximate surface area is 156 Å². The van der Waals surface area contributed by atoms with Crippen molar-refractivity contribution in [2.75, 3.05) is 6.54 Å². The molecule has 0 unspecified atom stereocenters. The van der Waals surface area contributed by atoms with Crippen LogP contribution in [0.3, 0.4) is 0 Å². The van der Waals surface area contributed by atoms with E-state index in [1.807, 2.05) is 6.92 Å². The summed E-state index contributed by atoms with van der Waals surface area (Å²) in [4.78, 5) is 11.8. The van der Waals surface area contributed by atoms with Gasteiger partial charge in [0.25, 0.3) is 0 Å². The third kappa shape index (κ3) is 5.76. The van der Waals surface area contributed by atoms with E-state index in [9.17, 15) is 23.1 Å². The average molecular weight is 389 g/mol. The minimum Gasteiger partial charge on any atom is -0.444 e. The molecule has 0 radical (unpaired) electrons. The molecule has 2 N–H and O–H groups in total. The second-order valence-electron chi connectivity index (χ2n) is 8.17.